The number of hydrazine groups is 1. The van der Waals surface area contributed by atoms with Gasteiger partial charge in [0.15, 0.2) is 0 Å². The molecule has 0 saturated heterocycles. The molecule has 1 rings (SSSR count). The largest absolute Gasteiger partial charge is 0.493 e. The summed E-state index contributed by atoms with van der Waals surface area (Å²) in [6.45, 7) is 0.0785. The molecule has 0 saturated carbocycles. The zero-order valence-electron chi connectivity index (χ0n) is 9.31. The standard InChI is InChI=1S/C11H15N3O3/c12-8-11(16)14-13-10(15)6-7-17-9-4-2-1-3-5-9/h1-5H,6-8,12H2,(H,13,15)(H,14,16). The molecule has 6 heteroatoms. The van der Waals surface area contributed by atoms with Crippen molar-refractivity contribution >= 4 is 11.8 Å². The molecule has 6 nitrogen and oxygen atoms in total. The van der Waals surface area contributed by atoms with E-state index in [1.165, 1.54) is 0 Å². The number of nitrogens with one attached hydrogen (secondary N) is 2. The van der Waals surface area contributed by atoms with Gasteiger partial charge in [-0.25, -0.2) is 0 Å². The number of carbonyl (C=O) groups is 2. The van der Waals surface area contributed by atoms with Gasteiger partial charge >= 0.3 is 0 Å². The van der Waals surface area contributed by atoms with E-state index in [2.05, 4.69) is 10.9 Å². The minimum absolute atomic E-state index is 0.153. The van der Waals surface area contributed by atoms with Gasteiger partial charge in [0.1, 0.15) is 5.75 Å². The summed E-state index contributed by atoms with van der Waals surface area (Å²) in [5, 5.41) is 0. The Kier molecular flexibility index (Phi) is 5.53. The first-order valence-electron chi connectivity index (χ1n) is 5.18. The third kappa shape index (κ3) is 5.53. The van der Waals surface area contributed by atoms with Gasteiger partial charge in [0.05, 0.1) is 19.6 Å². The molecule has 1 aromatic rings. The second kappa shape index (κ2) is 7.24. The van der Waals surface area contributed by atoms with Gasteiger partial charge in [-0.2, -0.15) is 0 Å². The Bertz CT molecular complexity index is 367. The van der Waals surface area contributed by atoms with Crippen molar-refractivity contribution < 1.29 is 14.3 Å². The Morgan fingerprint density at radius 1 is 1.12 bits per heavy atom. The summed E-state index contributed by atoms with van der Waals surface area (Å²) in [5.41, 5.74) is 9.43. The molecule has 0 unspecified atom stereocenters. The number of amides is 2. The average Bonchev–Trinajstić information content (AvgIpc) is 2.37. The van der Waals surface area contributed by atoms with Crippen molar-refractivity contribution in [3.63, 3.8) is 0 Å². The van der Waals surface area contributed by atoms with E-state index in [4.69, 9.17) is 10.5 Å². The van der Waals surface area contributed by atoms with Crippen molar-refractivity contribution in [3.8, 4) is 5.75 Å². The molecule has 0 aliphatic heterocycles. The molecule has 0 fully saturated rings. The molecule has 17 heavy (non-hydrogen) atoms. The van der Waals surface area contributed by atoms with Crippen LogP contribution in [0.2, 0.25) is 0 Å². The van der Waals surface area contributed by atoms with E-state index in [1.54, 1.807) is 12.1 Å². The normalized spacial score (nSPS) is 9.47. The molecule has 2 amide bonds. The van der Waals surface area contributed by atoms with Crippen molar-refractivity contribution in [2.45, 2.75) is 6.42 Å². The molecule has 0 bridgehead atoms. The van der Waals surface area contributed by atoms with Gasteiger partial charge in [-0.15, -0.1) is 0 Å². The summed E-state index contributed by atoms with van der Waals surface area (Å²) in [4.78, 5) is 21.9. The topological polar surface area (TPSA) is 93.5 Å². The van der Waals surface area contributed by atoms with Crippen LogP contribution in [0.5, 0.6) is 5.75 Å². The lowest BCUT2D eigenvalue weighted by atomic mass is 10.3. The molecule has 92 valence electrons. The van der Waals surface area contributed by atoms with Gasteiger partial charge in [0.2, 0.25) is 5.91 Å². The predicted octanol–water partition coefficient (Wildman–Crippen LogP) is -0.438. The fourth-order valence-electron chi connectivity index (χ4n) is 1.03. The molecule has 4 N–H and O–H groups in total. The van der Waals surface area contributed by atoms with E-state index in [0.717, 1.165) is 0 Å². The fourth-order valence-corrected chi connectivity index (χ4v) is 1.03. The lowest BCUT2D eigenvalue weighted by Gasteiger charge is -2.07. The molecule has 0 spiro atoms. The minimum atomic E-state index is -0.442. The summed E-state index contributed by atoms with van der Waals surface area (Å²) in [6, 6.07) is 9.16. The molecule has 1 aromatic carbocycles. The summed E-state index contributed by atoms with van der Waals surface area (Å²) in [7, 11) is 0. The van der Waals surface area contributed by atoms with Crippen LogP contribution in [-0.4, -0.2) is 25.0 Å². The number of hydrogen-bond donors (Lipinski definition) is 3. The molecule has 0 aromatic heterocycles. The number of benzene rings is 1. The van der Waals surface area contributed by atoms with Crippen molar-refractivity contribution in [1.29, 1.82) is 0 Å². The molecule has 0 radical (unpaired) electrons. The van der Waals surface area contributed by atoms with E-state index >= 15 is 0 Å². The van der Waals surface area contributed by atoms with E-state index < -0.39 is 5.91 Å². The smallest absolute Gasteiger partial charge is 0.252 e. The van der Waals surface area contributed by atoms with Crippen LogP contribution >= 0.6 is 0 Å². The van der Waals surface area contributed by atoms with Crippen molar-refractivity contribution in [1.82, 2.24) is 10.9 Å². The van der Waals surface area contributed by atoms with Crippen LogP contribution in [0.4, 0.5) is 0 Å². The number of nitrogens with two attached hydrogens (primary N) is 1. The van der Waals surface area contributed by atoms with Crippen LogP contribution in [0, 0.1) is 0 Å². The monoisotopic (exact) mass is 237 g/mol. The quantitative estimate of drug-likeness (QED) is 0.605. The lowest BCUT2D eigenvalue weighted by Crippen LogP contribution is -2.44. The van der Waals surface area contributed by atoms with Gasteiger partial charge in [0, 0.05) is 0 Å². The Morgan fingerprint density at radius 2 is 1.76 bits per heavy atom. The minimum Gasteiger partial charge on any atom is -0.493 e. The van der Waals surface area contributed by atoms with E-state index in [0.29, 0.717) is 5.75 Å². The van der Waals surface area contributed by atoms with Gasteiger partial charge in [0.25, 0.3) is 5.91 Å². The fraction of sp³-hybridized carbons (Fsp3) is 0.273. The Labute approximate surface area is 99.1 Å². The summed E-state index contributed by atoms with van der Waals surface area (Å²) < 4.78 is 5.31. The summed E-state index contributed by atoms with van der Waals surface area (Å²) in [5.74, 6) is -0.0728. The van der Waals surface area contributed by atoms with Gasteiger partial charge in [-0.05, 0) is 12.1 Å². The van der Waals surface area contributed by atoms with Gasteiger partial charge < -0.3 is 10.5 Å². The van der Waals surface area contributed by atoms with E-state index in [-0.39, 0.29) is 25.5 Å². The number of carbonyl (C=O) groups excluding carboxylic acids is 2. The van der Waals surface area contributed by atoms with Crippen LogP contribution in [0.15, 0.2) is 30.3 Å². The number of para-hydroxylation sites is 1. The van der Waals surface area contributed by atoms with Crippen molar-refractivity contribution in [3.05, 3.63) is 30.3 Å². The van der Waals surface area contributed by atoms with E-state index in [9.17, 15) is 9.59 Å². The highest BCUT2D eigenvalue weighted by Gasteiger charge is 2.03. The highest BCUT2D eigenvalue weighted by Crippen LogP contribution is 2.07. The first kappa shape index (κ1) is 13.0. The Morgan fingerprint density at radius 3 is 2.41 bits per heavy atom. The summed E-state index contributed by atoms with van der Waals surface area (Å²) in [6.07, 6.45) is 0.153. The van der Waals surface area contributed by atoms with Crippen LogP contribution in [0.3, 0.4) is 0 Å². The maximum atomic E-state index is 11.2. The van der Waals surface area contributed by atoms with Crippen LogP contribution in [-0.2, 0) is 9.59 Å². The van der Waals surface area contributed by atoms with Crippen molar-refractivity contribution in [2.75, 3.05) is 13.2 Å². The first-order valence-corrected chi connectivity index (χ1v) is 5.18. The SMILES string of the molecule is NCC(=O)NNC(=O)CCOc1ccccc1. The van der Waals surface area contributed by atoms with Gasteiger partial charge in [-0.1, -0.05) is 18.2 Å². The second-order valence-corrected chi connectivity index (χ2v) is 3.21. The molecule has 0 aliphatic rings. The average molecular weight is 237 g/mol. The number of rotatable bonds is 5. The van der Waals surface area contributed by atoms with Crippen molar-refractivity contribution in [2.24, 2.45) is 5.73 Å². The highest BCUT2D eigenvalue weighted by molar-refractivity contribution is 5.82. The van der Waals surface area contributed by atoms with Crippen LogP contribution < -0.4 is 21.3 Å². The maximum absolute atomic E-state index is 11.2. The molecular formula is C11H15N3O3. The lowest BCUT2D eigenvalue weighted by molar-refractivity contribution is -0.128. The van der Waals surface area contributed by atoms with Crippen LogP contribution in [0.1, 0.15) is 6.42 Å². The van der Waals surface area contributed by atoms with Gasteiger partial charge in [-0.3, -0.25) is 20.4 Å². The zero-order valence-corrected chi connectivity index (χ0v) is 9.31. The molecule has 0 heterocycles. The Hall–Kier alpha value is -2.08. The predicted molar refractivity (Wildman–Crippen MR) is 61.9 cm³/mol. The molecular weight excluding hydrogens is 222 g/mol. The third-order valence-corrected chi connectivity index (χ3v) is 1.87. The second-order valence-electron chi connectivity index (χ2n) is 3.21. The zero-order chi connectivity index (χ0) is 12.5. The highest BCUT2D eigenvalue weighted by atomic mass is 16.5. The first-order chi connectivity index (χ1) is 8.22. The number of ether oxygens (including phenoxy) is 1. The summed E-state index contributed by atoms with van der Waals surface area (Å²) >= 11 is 0. The Balaban J connectivity index is 2.14. The van der Waals surface area contributed by atoms with E-state index in [1.807, 2.05) is 18.2 Å². The molecule has 0 atom stereocenters. The third-order valence-electron chi connectivity index (χ3n) is 1.87. The number of hydrogen-bond acceptors (Lipinski definition) is 4. The molecule has 0 aliphatic carbocycles. The maximum Gasteiger partial charge on any atom is 0.252 e. The van der Waals surface area contributed by atoms with Crippen LogP contribution in [0.25, 0.3) is 0 Å².